The van der Waals surface area contributed by atoms with Crippen molar-refractivity contribution in [2.75, 3.05) is 37.7 Å². The van der Waals surface area contributed by atoms with E-state index in [0.717, 1.165) is 24.3 Å². The molecule has 7 heteroatoms. The molecule has 0 saturated carbocycles. The summed E-state index contributed by atoms with van der Waals surface area (Å²) in [5, 5.41) is 0. The normalized spacial score (nSPS) is 26.2. The van der Waals surface area contributed by atoms with Crippen LogP contribution in [0.4, 0.5) is 0 Å². The van der Waals surface area contributed by atoms with Gasteiger partial charge >= 0.3 is 0 Å². The second-order valence-electron chi connectivity index (χ2n) is 7.91. The molecular formula is C20H26N2O4S. The molecule has 1 aromatic carbocycles. The molecular weight excluding hydrogens is 364 g/mol. The van der Waals surface area contributed by atoms with Crippen LogP contribution < -0.4 is 4.74 Å². The smallest absolute Gasteiger partial charge is 0.254 e. The highest BCUT2D eigenvalue weighted by molar-refractivity contribution is 7.91. The van der Waals surface area contributed by atoms with Crippen LogP contribution in [0.25, 0.3) is 0 Å². The van der Waals surface area contributed by atoms with Crippen molar-refractivity contribution in [2.24, 2.45) is 0 Å². The van der Waals surface area contributed by atoms with E-state index in [4.69, 9.17) is 4.74 Å². The number of benzene rings is 1. The van der Waals surface area contributed by atoms with E-state index < -0.39 is 9.84 Å². The van der Waals surface area contributed by atoms with E-state index in [2.05, 4.69) is 11.0 Å². The summed E-state index contributed by atoms with van der Waals surface area (Å²) in [6, 6.07) is 5.15. The summed E-state index contributed by atoms with van der Waals surface area (Å²) >= 11 is 0. The van der Waals surface area contributed by atoms with Gasteiger partial charge in [0, 0.05) is 37.7 Å². The zero-order valence-electron chi connectivity index (χ0n) is 15.8. The van der Waals surface area contributed by atoms with Crippen molar-refractivity contribution in [1.29, 1.82) is 0 Å². The molecule has 3 aliphatic heterocycles. The van der Waals surface area contributed by atoms with Crippen molar-refractivity contribution in [2.45, 2.75) is 32.4 Å². The second kappa shape index (κ2) is 6.95. The quantitative estimate of drug-likeness (QED) is 0.732. The summed E-state index contributed by atoms with van der Waals surface area (Å²) in [6.07, 6.45) is 2.94. The minimum atomic E-state index is -3.13. The predicted molar refractivity (Wildman–Crippen MR) is 104 cm³/mol. The summed E-state index contributed by atoms with van der Waals surface area (Å²) in [5.74, 6) is 0.969. The SMILES string of the molecule is CC(C)=CCN1CCN(C(=O)c2ccc3c(c2)CCO3)C2CS(=O)(=O)CC21. The first-order chi connectivity index (χ1) is 12.8. The van der Waals surface area contributed by atoms with Gasteiger partial charge < -0.3 is 9.64 Å². The van der Waals surface area contributed by atoms with Crippen molar-refractivity contribution in [3.05, 3.63) is 41.0 Å². The Morgan fingerprint density at radius 2 is 2.00 bits per heavy atom. The van der Waals surface area contributed by atoms with Gasteiger partial charge in [-0.3, -0.25) is 9.69 Å². The molecule has 2 fully saturated rings. The lowest BCUT2D eigenvalue weighted by Crippen LogP contribution is -2.60. The topological polar surface area (TPSA) is 66.9 Å². The van der Waals surface area contributed by atoms with Crippen molar-refractivity contribution < 1.29 is 17.9 Å². The largest absolute Gasteiger partial charge is 0.493 e. The van der Waals surface area contributed by atoms with Gasteiger partial charge in [0.25, 0.3) is 5.91 Å². The van der Waals surface area contributed by atoms with Crippen LogP contribution in [0.3, 0.4) is 0 Å². The Balaban J connectivity index is 1.58. The van der Waals surface area contributed by atoms with Crippen LogP contribution in [0.15, 0.2) is 29.8 Å². The molecule has 0 N–H and O–H groups in total. The minimum absolute atomic E-state index is 0.0583. The highest BCUT2D eigenvalue weighted by atomic mass is 32.2. The number of nitrogens with zero attached hydrogens (tertiary/aromatic N) is 2. The minimum Gasteiger partial charge on any atom is -0.493 e. The maximum absolute atomic E-state index is 13.2. The highest BCUT2D eigenvalue weighted by Gasteiger charge is 2.47. The lowest BCUT2D eigenvalue weighted by atomic mass is 10.0. The summed E-state index contributed by atoms with van der Waals surface area (Å²) < 4.78 is 30.2. The number of carbonyl (C=O) groups excluding carboxylic acids is 1. The molecule has 1 amide bonds. The molecule has 0 aromatic heterocycles. The molecule has 0 spiro atoms. The van der Waals surface area contributed by atoms with Gasteiger partial charge in [-0.05, 0) is 37.6 Å². The summed E-state index contributed by atoms with van der Waals surface area (Å²) in [5.41, 5.74) is 2.89. The Hall–Kier alpha value is -1.86. The number of allylic oxidation sites excluding steroid dienone is 1. The standard InChI is InChI=1S/C20H26N2O4S/c1-14(2)5-7-21-8-9-22(18-13-27(24,25)12-17(18)21)20(23)16-3-4-19-15(11-16)6-10-26-19/h3-5,11,17-18H,6-10,12-13H2,1-2H3. The van der Waals surface area contributed by atoms with Crippen LogP contribution in [0.1, 0.15) is 29.8 Å². The Morgan fingerprint density at radius 1 is 1.22 bits per heavy atom. The highest BCUT2D eigenvalue weighted by Crippen LogP contribution is 2.30. The van der Waals surface area contributed by atoms with Gasteiger partial charge in [0.15, 0.2) is 9.84 Å². The zero-order valence-corrected chi connectivity index (χ0v) is 16.7. The maximum atomic E-state index is 13.2. The first-order valence-electron chi connectivity index (χ1n) is 9.48. The van der Waals surface area contributed by atoms with Gasteiger partial charge in [0.05, 0.1) is 24.2 Å². The molecule has 2 atom stereocenters. The van der Waals surface area contributed by atoms with Gasteiger partial charge in [-0.15, -0.1) is 0 Å². The number of fused-ring (bicyclic) bond motifs is 2. The van der Waals surface area contributed by atoms with Gasteiger partial charge in [0.1, 0.15) is 5.75 Å². The van der Waals surface area contributed by atoms with Crippen molar-refractivity contribution in [3.8, 4) is 5.75 Å². The third kappa shape index (κ3) is 3.62. The molecule has 1 aromatic rings. The fourth-order valence-corrected chi connectivity index (χ4v) is 6.30. The summed E-state index contributed by atoms with van der Waals surface area (Å²) in [6.45, 7) is 6.72. The van der Waals surface area contributed by atoms with Crippen molar-refractivity contribution in [3.63, 3.8) is 0 Å². The Labute approximate surface area is 160 Å². The lowest BCUT2D eigenvalue weighted by molar-refractivity contribution is 0.0368. The molecule has 4 rings (SSSR count). The van der Waals surface area contributed by atoms with Crippen LogP contribution in [-0.4, -0.2) is 74.0 Å². The van der Waals surface area contributed by atoms with Crippen LogP contribution in [0, 0.1) is 0 Å². The van der Waals surface area contributed by atoms with E-state index in [1.807, 2.05) is 26.0 Å². The van der Waals surface area contributed by atoms with E-state index in [1.54, 1.807) is 11.0 Å². The molecule has 3 aliphatic rings. The van der Waals surface area contributed by atoms with Crippen LogP contribution in [0.5, 0.6) is 5.75 Å². The van der Waals surface area contributed by atoms with Gasteiger partial charge in [0.2, 0.25) is 0 Å². The molecule has 2 unspecified atom stereocenters. The van der Waals surface area contributed by atoms with E-state index in [1.165, 1.54) is 5.57 Å². The summed E-state index contributed by atoms with van der Waals surface area (Å²) in [7, 11) is -3.13. The Kier molecular flexibility index (Phi) is 4.76. The van der Waals surface area contributed by atoms with Gasteiger partial charge in [-0.1, -0.05) is 11.6 Å². The van der Waals surface area contributed by atoms with Crippen LogP contribution >= 0.6 is 0 Å². The number of piperazine rings is 1. The van der Waals surface area contributed by atoms with E-state index >= 15 is 0 Å². The summed E-state index contributed by atoms with van der Waals surface area (Å²) in [4.78, 5) is 17.2. The molecule has 0 radical (unpaired) electrons. The second-order valence-corrected chi connectivity index (χ2v) is 10.1. The Bertz CT molecular complexity index is 889. The van der Waals surface area contributed by atoms with E-state index in [0.29, 0.717) is 25.3 Å². The lowest BCUT2D eigenvalue weighted by Gasteiger charge is -2.43. The number of ether oxygens (including phenoxy) is 1. The van der Waals surface area contributed by atoms with E-state index in [9.17, 15) is 13.2 Å². The zero-order chi connectivity index (χ0) is 19.2. The number of carbonyl (C=O) groups is 1. The first-order valence-corrected chi connectivity index (χ1v) is 11.3. The average molecular weight is 391 g/mol. The monoisotopic (exact) mass is 390 g/mol. The van der Waals surface area contributed by atoms with Gasteiger partial charge in [-0.2, -0.15) is 0 Å². The number of sulfone groups is 1. The average Bonchev–Trinajstić information content (AvgIpc) is 3.20. The molecule has 27 heavy (non-hydrogen) atoms. The van der Waals surface area contributed by atoms with Crippen LogP contribution in [0.2, 0.25) is 0 Å². The molecule has 3 heterocycles. The fourth-order valence-electron chi connectivity index (χ4n) is 4.29. The molecule has 6 nitrogen and oxygen atoms in total. The molecule has 146 valence electrons. The third-order valence-electron chi connectivity index (χ3n) is 5.72. The van der Waals surface area contributed by atoms with Crippen molar-refractivity contribution in [1.82, 2.24) is 9.80 Å². The maximum Gasteiger partial charge on any atom is 0.254 e. The number of hydrogen-bond donors (Lipinski definition) is 0. The first kappa shape index (κ1) is 18.5. The number of amides is 1. The van der Waals surface area contributed by atoms with E-state index in [-0.39, 0.29) is 29.5 Å². The van der Waals surface area contributed by atoms with Crippen molar-refractivity contribution >= 4 is 15.7 Å². The predicted octanol–water partition coefficient (Wildman–Crippen LogP) is 1.51. The molecule has 2 saturated heterocycles. The van der Waals surface area contributed by atoms with Gasteiger partial charge in [-0.25, -0.2) is 8.42 Å². The Morgan fingerprint density at radius 3 is 2.78 bits per heavy atom. The fraction of sp³-hybridized carbons (Fsp3) is 0.550. The number of rotatable bonds is 3. The molecule has 0 aliphatic carbocycles. The number of hydrogen-bond acceptors (Lipinski definition) is 5. The van der Waals surface area contributed by atoms with Crippen LogP contribution in [-0.2, 0) is 16.3 Å². The third-order valence-corrected chi connectivity index (χ3v) is 7.42. The molecule has 0 bridgehead atoms.